The molecule has 0 atom stereocenters. The van der Waals surface area contributed by atoms with E-state index in [2.05, 4.69) is 16.2 Å². The first-order chi connectivity index (χ1) is 2.89. The van der Waals surface area contributed by atoms with Gasteiger partial charge in [-0.3, -0.25) is 0 Å². The van der Waals surface area contributed by atoms with Crippen LogP contribution in [0, 0.1) is 0 Å². The zero-order valence-corrected chi connectivity index (χ0v) is 3.60. The maximum absolute atomic E-state index is 3.88. The Hall–Kier alpha value is -0.750. The Kier molecular flexibility index (Phi) is 0.659. The quantitative estimate of drug-likeness (QED) is 0.376. The van der Waals surface area contributed by atoms with Crippen molar-refractivity contribution >= 4 is 12.1 Å². The predicted octanol–water partition coefficient (Wildman–Crippen LogP) is 0.366. The smallest absolute Gasteiger partial charge is 0.136 e. The van der Waals surface area contributed by atoms with Crippen molar-refractivity contribution in [2.24, 2.45) is 9.98 Å². The van der Waals surface area contributed by atoms with Gasteiger partial charge in [0, 0.05) is 4.99 Å². The monoisotopic (exact) mass is 81.0 g/mol. The lowest BCUT2D eigenvalue weighted by molar-refractivity contribution is 1.35. The zero-order chi connectivity index (χ0) is 4.41. The lowest BCUT2D eigenvalue weighted by Crippen LogP contribution is -1.73. The van der Waals surface area contributed by atoms with Gasteiger partial charge in [-0.2, -0.15) is 0 Å². The molecule has 0 radical (unpaired) electrons. The van der Waals surface area contributed by atoms with Crippen LogP contribution in [0.2, 0.25) is 0 Å². The molecule has 0 amide bonds. The van der Waals surface area contributed by atoms with Gasteiger partial charge in [0.25, 0.3) is 5.84 Å². The molecule has 0 saturated heterocycles. The van der Waals surface area contributed by atoms with Crippen LogP contribution in [0.5, 0.6) is 0 Å². The van der Waals surface area contributed by atoms with Gasteiger partial charge in [0.2, 0.25) is 12.8 Å². The van der Waals surface area contributed by atoms with Crippen molar-refractivity contribution in [3.05, 3.63) is 0 Å². The van der Waals surface area contributed by atoms with Gasteiger partial charge in [0.15, 0.2) is 0 Å². The number of nitrogens with zero attached hydrogens (tertiary/aromatic N) is 2. The highest BCUT2D eigenvalue weighted by Gasteiger charge is 2.03. The number of aliphatic imine (C=N–C) groups is 2. The summed E-state index contributed by atoms with van der Waals surface area (Å²) in [5.41, 5.74) is 0. The minimum Gasteiger partial charge on any atom is -0.136 e. The molecule has 30 valence electrons. The first kappa shape index (κ1) is 3.44. The number of rotatable bonds is 0. The van der Waals surface area contributed by atoms with Crippen LogP contribution in [0.3, 0.4) is 0 Å². The minimum atomic E-state index is 0.659. The second-order valence-corrected chi connectivity index (χ2v) is 1.13. The average Bonchev–Trinajstić information content (AvgIpc) is 1.86. The van der Waals surface area contributed by atoms with Crippen LogP contribution in [-0.4, -0.2) is 18.6 Å². The van der Waals surface area contributed by atoms with Gasteiger partial charge in [-0.05, 0) is 0 Å². The first-order valence-electron chi connectivity index (χ1n) is 1.84. The molecule has 0 aromatic rings. The summed E-state index contributed by atoms with van der Waals surface area (Å²) in [6.45, 7) is 2.52. The maximum atomic E-state index is 3.88. The summed E-state index contributed by atoms with van der Waals surface area (Å²) >= 11 is 0. The van der Waals surface area contributed by atoms with Crippen molar-refractivity contribution in [2.75, 3.05) is 6.54 Å². The van der Waals surface area contributed by atoms with Crippen molar-refractivity contribution in [3.63, 3.8) is 0 Å². The fraction of sp³-hybridized carbons (Fsp3) is 0.500. The molecular weight excluding hydrogens is 76.1 g/mol. The van der Waals surface area contributed by atoms with E-state index in [0.717, 1.165) is 5.84 Å². The molecule has 0 aromatic carbocycles. The van der Waals surface area contributed by atoms with Gasteiger partial charge in [-0.1, -0.05) is 0 Å². The number of amidine groups is 1. The van der Waals surface area contributed by atoms with Crippen LogP contribution in [0.4, 0.5) is 0 Å². The SMILES string of the molecule is CC1=NC[C+]=N1. The summed E-state index contributed by atoms with van der Waals surface area (Å²) in [5.74, 6) is 0.843. The fourth-order valence-corrected chi connectivity index (χ4v) is 0.335. The van der Waals surface area contributed by atoms with Crippen molar-refractivity contribution < 1.29 is 0 Å². The molecule has 2 nitrogen and oxygen atoms in total. The van der Waals surface area contributed by atoms with E-state index in [1.807, 2.05) is 6.92 Å². The van der Waals surface area contributed by atoms with E-state index in [1.54, 1.807) is 0 Å². The fourth-order valence-electron chi connectivity index (χ4n) is 0.335. The lowest BCUT2D eigenvalue weighted by Gasteiger charge is -1.56. The summed E-state index contributed by atoms with van der Waals surface area (Å²) in [6.07, 6.45) is 2.69. The Labute approximate surface area is 36.6 Å². The molecule has 1 rings (SSSR count). The minimum absolute atomic E-state index is 0.659. The van der Waals surface area contributed by atoms with E-state index >= 15 is 0 Å². The van der Waals surface area contributed by atoms with Gasteiger partial charge >= 0.3 is 0 Å². The highest BCUT2D eigenvalue weighted by molar-refractivity contribution is 5.92. The molecule has 2 heteroatoms. The van der Waals surface area contributed by atoms with Crippen molar-refractivity contribution in [1.29, 1.82) is 0 Å². The first-order valence-corrected chi connectivity index (χ1v) is 1.84. The molecule has 0 aromatic heterocycles. The zero-order valence-electron chi connectivity index (χ0n) is 3.60. The number of hydrogen-bond acceptors (Lipinski definition) is 2. The summed E-state index contributed by atoms with van der Waals surface area (Å²) in [6, 6.07) is 0. The molecule has 0 unspecified atom stereocenters. The third kappa shape index (κ3) is 0.421. The predicted molar refractivity (Wildman–Crippen MR) is 25.4 cm³/mol. The molecule has 0 fully saturated rings. The second-order valence-electron chi connectivity index (χ2n) is 1.13. The Morgan fingerprint density at radius 3 is 2.83 bits per heavy atom. The Balaban J connectivity index is 2.68. The van der Waals surface area contributed by atoms with Gasteiger partial charge in [-0.25, -0.2) is 0 Å². The third-order valence-corrected chi connectivity index (χ3v) is 0.619. The van der Waals surface area contributed by atoms with Crippen LogP contribution >= 0.6 is 0 Å². The van der Waals surface area contributed by atoms with E-state index in [-0.39, 0.29) is 0 Å². The Morgan fingerprint density at radius 2 is 2.67 bits per heavy atom. The molecule has 1 heterocycles. The average molecular weight is 81.1 g/mol. The number of hydrogen-bond donors (Lipinski definition) is 0. The van der Waals surface area contributed by atoms with Crippen LogP contribution in [0.15, 0.2) is 9.98 Å². The van der Waals surface area contributed by atoms with Gasteiger partial charge < -0.3 is 0 Å². The van der Waals surface area contributed by atoms with Gasteiger partial charge in [0.1, 0.15) is 0 Å². The highest BCUT2D eigenvalue weighted by Crippen LogP contribution is 1.84. The van der Waals surface area contributed by atoms with Crippen molar-refractivity contribution in [3.8, 4) is 0 Å². The molecule has 0 spiro atoms. The third-order valence-electron chi connectivity index (χ3n) is 0.619. The molecule has 1 aliphatic heterocycles. The summed E-state index contributed by atoms with van der Waals surface area (Å²) in [4.78, 5) is 7.61. The molecule has 0 aliphatic carbocycles. The van der Waals surface area contributed by atoms with E-state index in [0.29, 0.717) is 6.54 Å². The van der Waals surface area contributed by atoms with Crippen molar-refractivity contribution in [1.82, 2.24) is 0 Å². The Bertz CT molecular complexity index is 99.4. The summed E-state index contributed by atoms with van der Waals surface area (Å²) < 4.78 is 0. The van der Waals surface area contributed by atoms with Gasteiger partial charge in [0.05, 0.1) is 6.92 Å². The van der Waals surface area contributed by atoms with E-state index in [4.69, 9.17) is 0 Å². The van der Waals surface area contributed by atoms with Crippen LogP contribution in [-0.2, 0) is 0 Å². The topological polar surface area (TPSA) is 24.7 Å². The second kappa shape index (κ2) is 1.15. The Morgan fingerprint density at radius 1 is 1.83 bits per heavy atom. The standard InChI is InChI=1S/C4H5N2/c1-4-5-2-3-6-4/h2H2,1H3/q+1. The lowest BCUT2D eigenvalue weighted by atomic mass is 10.7. The molecule has 1 aliphatic rings. The van der Waals surface area contributed by atoms with Crippen molar-refractivity contribution in [2.45, 2.75) is 6.92 Å². The van der Waals surface area contributed by atoms with Gasteiger partial charge in [-0.15, -0.1) is 4.99 Å². The molecule has 0 bridgehead atoms. The molecule has 0 N–H and O–H groups in total. The van der Waals surface area contributed by atoms with E-state index < -0.39 is 0 Å². The molecule has 0 saturated carbocycles. The summed E-state index contributed by atoms with van der Waals surface area (Å²) in [7, 11) is 0. The van der Waals surface area contributed by atoms with Crippen LogP contribution in [0.25, 0.3) is 0 Å². The van der Waals surface area contributed by atoms with Crippen LogP contribution < -0.4 is 0 Å². The normalized spacial score (nSPS) is 17.2. The summed E-state index contributed by atoms with van der Waals surface area (Å²) in [5, 5.41) is 0. The molecular formula is C4H5N2+. The maximum Gasteiger partial charge on any atom is 0.272 e. The molecule has 6 heavy (non-hydrogen) atoms. The van der Waals surface area contributed by atoms with Crippen LogP contribution in [0.1, 0.15) is 6.92 Å². The van der Waals surface area contributed by atoms with E-state index in [1.165, 1.54) is 0 Å². The highest BCUT2D eigenvalue weighted by atomic mass is 15.0. The van der Waals surface area contributed by atoms with E-state index in [9.17, 15) is 0 Å². The largest absolute Gasteiger partial charge is 0.272 e.